The highest BCUT2D eigenvalue weighted by molar-refractivity contribution is 7.99. The van der Waals surface area contributed by atoms with Gasteiger partial charge in [-0.1, -0.05) is 6.07 Å². The van der Waals surface area contributed by atoms with Crippen molar-refractivity contribution in [2.24, 2.45) is 5.92 Å². The molecule has 1 atom stereocenters. The number of carbonyl (C=O) groups excluding carboxylic acids is 1. The number of likely N-dealkylation sites (tertiary alicyclic amines) is 1. The average molecular weight is 375 g/mol. The molecule has 140 valence electrons. The lowest BCUT2D eigenvalue weighted by atomic mass is 9.95. The van der Waals surface area contributed by atoms with Crippen LogP contribution in [0, 0.1) is 5.92 Å². The Morgan fingerprint density at radius 1 is 1.23 bits per heavy atom. The molecule has 1 aromatic carbocycles. The Hall–Kier alpha value is -1.66. The summed E-state index contributed by atoms with van der Waals surface area (Å²) in [6, 6.07) is 6.48. The smallest absolute Gasteiger partial charge is 0.244 e. The molecular formula is C20H26N2O3S. The van der Waals surface area contributed by atoms with Gasteiger partial charge < -0.3 is 14.8 Å². The van der Waals surface area contributed by atoms with Crippen LogP contribution in [0.2, 0.25) is 0 Å². The number of thioether (sulfide) groups is 1. The van der Waals surface area contributed by atoms with E-state index in [0.717, 1.165) is 29.6 Å². The molecule has 3 aliphatic heterocycles. The fourth-order valence-electron chi connectivity index (χ4n) is 3.82. The fraction of sp³-hybridized carbons (Fsp3) is 0.550. The third kappa shape index (κ3) is 4.35. The summed E-state index contributed by atoms with van der Waals surface area (Å²) in [5.41, 5.74) is 0.937. The Morgan fingerprint density at radius 3 is 2.88 bits per heavy atom. The first kappa shape index (κ1) is 17.7. The Balaban J connectivity index is 1.19. The van der Waals surface area contributed by atoms with Crippen LogP contribution in [0.5, 0.6) is 11.5 Å². The minimum absolute atomic E-state index is 0.0303. The summed E-state index contributed by atoms with van der Waals surface area (Å²) in [6.45, 7) is 3.40. The van der Waals surface area contributed by atoms with Gasteiger partial charge in [0.05, 0.1) is 0 Å². The Morgan fingerprint density at radius 2 is 2.08 bits per heavy atom. The predicted molar refractivity (Wildman–Crippen MR) is 105 cm³/mol. The Kier molecular flexibility index (Phi) is 5.70. The number of benzene rings is 1. The molecule has 5 nitrogen and oxygen atoms in total. The molecule has 4 rings (SSSR count). The minimum Gasteiger partial charge on any atom is -0.454 e. The number of fused-ring (bicyclic) bond motifs is 1. The molecule has 0 saturated carbocycles. The van der Waals surface area contributed by atoms with Crippen LogP contribution < -0.4 is 14.8 Å². The largest absolute Gasteiger partial charge is 0.454 e. The monoisotopic (exact) mass is 374 g/mol. The number of nitrogens with one attached hydrogen (secondary N) is 1. The number of piperidine rings is 1. The Labute approximate surface area is 159 Å². The molecule has 0 unspecified atom stereocenters. The van der Waals surface area contributed by atoms with Gasteiger partial charge in [-0.2, -0.15) is 11.8 Å². The van der Waals surface area contributed by atoms with Crippen LogP contribution in [0.15, 0.2) is 24.3 Å². The van der Waals surface area contributed by atoms with Crippen molar-refractivity contribution in [2.45, 2.75) is 25.3 Å². The van der Waals surface area contributed by atoms with Gasteiger partial charge in [-0.25, -0.2) is 0 Å². The fourth-order valence-corrected chi connectivity index (χ4v) is 5.08. The summed E-state index contributed by atoms with van der Waals surface area (Å²) in [7, 11) is 0. The van der Waals surface area contributed by atoms with Crippen LogP contribution in [0.4, 0.5) is 0 Å². The third-order valence-corrected chi connectivity index (χ3v) is 6.60. The molecule has 0 spiro atoms. The van der Waals surface area contributed by atoms with Crippen molar-refractivity contribution >= 4 is 23.7 Å². The number of rotatable bonds is 5. The first-order valence-corrected chi connectivity index (χ1v) is 10.6. The quantitative estimate of drug-likeness (QED) is 0.803. The first-order chi connectivity index (χ1) is 12.8. The van der Waals surface area contributed by atoms with Crippen molar-refractivity contribution in [1.82, 2.24) is 10.2 Å². The van der Waals surface area contributed by atoms with E-state index in [1.54, 1.807) is 6.08 Å². The molecule has 3 aliphatic rings. The zero-order valence-corrected chi connectivity index (χ0v) is 15.8. The van der Waals surface area contributed by atoms with E-state index in [1.165, 1.54) is 43.9 Å². The summed E-state index contributed by atoms with van der Waals surface area (Å²) in [4.78, 5) is 14.7. The van der Waals surface area contributed by atoms with Gasteiger partial charge in [0.15, 0.2) is 11.5 Å². The lowest BCUT2D eigenvalue weighted by molar-refractivity contribution is -0.116. The van der Waals surface area contributed by atoms with Crippen LogP contribution >= 0.6 is 11.8 Å². The average Bonchev–Trinajstić information content (AvgIpc) is 3.36. The van der Waals surface area contributed by atoms with E-state index in [4.69, 9.17) is 9.47 Å². The van der Waals surface area contributed by atoms with Crippen LogP contribution in [-0.2, 0) is 4.79 Å². The number of nitrogens with zero attached hydrogens (tertiary/aromatic N) is 1. The molecule has 0 radical (unpaired) electrons. The van der Waals surface area contributed by atoms with Crippen molar-refractivity contribution in [2.75, 3.05) is 37.9 Å². The topological polar surface area (TPSA) is 50.8 Å². The Bertz CT molecular complexity index is 665. The standard InChI is InChI=1S/C20H26N2O3S/c23-20(4-2-15-1-3-18-19(11-15)25-14-24-18)21-12-16-5-8-22(9-6-16)17-7-10-26-13-17/h1-4,11,16-17H,5-10,12-14H2,(H,21,23)/b4-2+/t17-/m1/s1. The molecule has 3 heterocycles. The lowest BCUT2D eigenvalue weighted by Crippen LogP contribution is -2.43. The maximum atomic E-state index is 12.1. The van der Waals surface area contributed by atoms with Crippen LogP contribution in [0.3, 0.4) is 0 Å². The molecule has 0 bridgehead atoms. The molecule has 2 fully saturated rings. The van der Waals surface area contributed by atoms with Gasteiger partial charge in [0.1, 0.15) is 0 Å². The summed E-state index contributed by atoms with van der Waals surface area (Å²) in [5, 5.41) is 3.06. The van der Waals surface area contributed by atoms with Gasteiger partial charge in [-0.05, 0) is 67.8 Å². The predicted octanol–water partition coefficient (Wildman–Crippen LogP) is 2.76. The van der Waals surface area contributed by atoms with Crippen molar-refractivity contribution in [1.29, 1.82) is 0 Å². The molecule has 1 amide bonds. The van der Waals surface area contributed by atoms with Gasteiger partial charge in [0, 0.05) is 24.4 Å². The summed E-state index contributed by atoms with van der Waals surface area (Å²) in [6.07, 6.45) is 7.14. The summed E-state index contributed by atoms with van der Waals surface area (Å²) in [5.74, 6) is 4.68. The van der Waals surface area contributed by atoms with E-state index in [9.17, 15) is 4.79 Å². The van der Waals surface area contributed by atoms with Gasteiger partial charge in [0.25, 0.3) is 0 Å². The van der Waals surface area contributed by atoms with Gasteiger partial charge in [-0.15, -0.1) is 0 Å². The summed E-state index contributed by atoms with van der Waals surface area (Å²) < 4.78 is 10.7. The maximum Gasteiger partial charge on any atom is 0.244 e. The number of carbonyl (C=O) groups is 1. The minimum atomic E-state index is -0.0303. The van der Waals surface area contributed by atoms with Crippen LogP contribution in [0.1, 0.15) is 24.8 Å². The van der Waals surface area contributed by atoms with Gasteiger partial charge in [-0.3, -0.25) is 9.69 Å². The number of amides is 1. The number of hydrogen-bond acceptors (Lipinski definition) is 5. The van der Waals surface area contributed by atoms with Crippen molar-refractivity contribution in [3.63, 3.8) is 0 Å². The summed E-state index contributed by atoms with van der Waals surface area (Å²) >= 11 is 2.08. The van der Waals surface area contributed by atoms with E-state index in [-0.39, 0.29) is 12.7 Å². The number of hydrogen-bond donors (Lipinski definition) is 1. The van der Waals surface area contributed by atoms with Crippen LogP contribution in [0.25, 0.3) is 6.08 Å². The highest BCUT2D eigenvalue weighted by Crippen LogP contribution is 2.32. The van der Waals surface area contributed by atoms with Gasteiger partial charge in [0.2, 0.25) is 12.7 Å². The highest BCUT2D eigenvalue weighted by Gasteiger charge is 2.27. The van der Waals surface area contributed by atoms with Crippen LogP contribution in [-0.4, -0.2) is 54.8 Å². The second kappa shape index (κ2) is 8.35. The molecule has 26 heavy (non-hydrogen) atoms. The second-order valence-electron chi connectivity index (χ2n) is 7.19. The van der Waals surface area contributed by atoms with Crippen molar-refractivity contribution in [3.8, 4) is 11.5 Å². The molecule has 6 heteroatoms. The van der Waals surface area contributed by atoms with Crippen molar-refractivity contribution in [3.05, 3.63) is 29.8 Å². The van der Waals surface area contributed by atoms with E-state index in [1.807, 2.05) is 24.3 Å². The lowest BCUT2D eigenvalue weighted by Gasteiger charge is -2.35. The van der Waals surface area contributed by atoms with Crippen molar-refractivity contribution < 1.29 is 14.3 Å². The second-order valence-corrected chi connectivity index (χ2v) is 8.34. The highest BCUT2D eigenvalue weighted by atomic mass is 32.2. The SMILES string of the molecule is O=C(/C=C/c1ccc2c(c1)OCO2)NCC1CCN([C@@H]2CCSC2)CC1. The molecule has 1 aromatic rings. The third-order valence-electron chi connectivity index (χ3n) is 5.46. The normalized spacial score (nSPS) is 23.6. The van der Waals surface area contributed by atoms with E-state index in [0.29, 0.717) is 5.92 Å². The van der Waals surface area contributed by atoms with Gasteiger partial charge >= 0.3 is 0 Å². The van der Waals surface area contributed by atoms with E-state index in [2.05, 4.69) is 22.0 Å². The molecule has 1 N–H and O–H groups in total. The van der Waals surface area contributed by atoms with E-state index >= 15 is 0 Å². The molecular weight excluding hydrogens is 348 g/mol. The number of ether oxygens (including phenoxy) is 2. The molecule has 0 aromatic heterocycles. The molecule has 2 saturated heterocycles. The zero-order chi connectivity index (χ0) is 17.8. The van der Waals surface area contributed by atoms with E-state index < -0.39 is 0 Å². The zero-order valence-electron chi connectivity index (χ0n) is 15.0. The molecule has 0 aliphatic carbocycles. The maximum absolute atomic E-state index is 12.1. The first-order valence-electron chi connectivity index (χ1n) is 9.45.